The van der Waals surface area contributed by atoms with E-state index < -0.39 is 0 Å². The number of halogens is 1. The Morgan fingerprint density at radius 1 is 1.07 bits per heavy atom. The van der Waals surface area contributed by atoms with Crippen molar-refractivity contribution < 1.29 is 9.53 Å². The average Bonchev–Trinajstić information content (AvgIpc) is 2.74. The number of benzene rings is 2. The maximum Gasteiger partial charge on any atom is 0.338 e. The summed E-state index contributed by atoms with van der Waals surface area (Å²) in [6.07, 6.45) is 5.39. The Labute approximate surface area is 168 Å². The van der Waals surface area contributed by atoms with Crippen LogP contribution in [0.2, 0.25) is 0 Å². The van der Waals surface area contributed by atoms with Crippen LogP contribution in [0.15, 0.2) is 65.4 Å². The van der Waals surface area contributed by atoms with Crippen molar-refractivity contribution in [3.63, 3.8) is 0 Å². The molecule has 27 heavy (non-hydrogen) atoms. The lowest BCUT2D eigenvalue weighted by Gasteiger charge is -2.25. The molecule has 1 aliphatic heterocycles. The Hall–Kier alpha value is -2.24. The summed E-state index contributed by atoms with van der Waals surface area (Å²) >= 11 is 3.20. The van der Waals surface area contributed by atoms with Crippen LogP contribution in [0.5, 0.6) is 0 Å². The molecule has 5 heteroatoms. The third kappa shape index (κ3) is 4.93. The van der Waals surface area contributed by atoms with Gasteiger partial charge in [-0.3, -0.25) is 0 Å². The molecule has 2 aromatic carbocycles. The highest BCUT2D eigenvalue weighted by Gasteiger charge is 2.19. The molecule has 1 atom stereocenters. The van der Waals surface area contributed by atoms with E-state index in [1.54, 1.807) is 6.20 Å². The molecule has 140 valence electrons. The van der Waals surface area contributed by atoms with Crippen molar-refractivity contribution in [2.24, 2.45) is 0 Å². The van der Waals surface area contributed by atoms with Crippen LogP contribution in [0.3, 0.4) is 0 Å². The van der Waals surface area contributed by atoms with Crippen LogP contribution in [0, 0.1) is 0 Å². The molecule has 0 radical (unpaired) electrons. The number of nitrogens with one attached hydrogen (secondary N) is 1. The van der Waals surface area contributed by atoms with Gasteiger partial charge in [0, 0.05) is 12.2 Å². The van der Waals surface area contributed by atoms with Crippen LogP contribution in [0.1, 0.15) is 41.2 Å². The van der Waals surface area contributed by atoms with Gasteiger partial charge in [0.25, 0.3) is 0 Å². The number of carbonyl (C=O) groups excluding carboxylic acids is 1. The van der Waals surface area contributed by atoms with Gasteiger partial charge in [0.05, 0.1) is 12.7 Å². The Bertz CT molecular complexity index is 893. The van der Waals surface area contributed by atoms with Crippen molar-refractivity contribution >= 4 is 32.7 Å². The van der Waals surface area contributed by atoms with Gasteiger partial charge in [-0.15, -0.1) is 0 Å². The quantitative estimate of drug-likeness (QED) is 0.446. The highest BCUT2D eigenvalue weighted by atomic mass is 79.9. The second-order valence-electron chi connectivity index (χ2n) is 6.39. The number of ether oxygens (including phenoxy) is 1. The highest BCUT2D eigenvalue weighted by molar-refractivity contribution is 9.10. The van der Waals surface area contributed by atoms with Gasteiger partial charge in [0.2, 0.25) is 0 Å². The molecule has 1 aromatic heterocycles. The van der Waals surface area contributed by atoms with Crippen LogP contribution in [-0.2, 0) is 4.74 Å². The number of esters is 1. The van der Waals surface area contributed by atoms with Crippen LogP contribution >= 0.6 is 15.9 Å². The SMILES string of the molecule is Brc1ccccn1.COC(=O)c1ccc(C2CCCCN2)c2ccccc12. The van der Waals surface area contributed by atoms with Gasteiger partial charge in [-0.05, 0) is 69.9 Å². The minimum absolute atomic E-state index is 0.274. The number of fused-ring (bicyclic) bond motifs is 1. The first kappa shape index (κ1) is 19.5. The molecular weight excluding hydrogens is 404 g/mol. The number of piperidine rings is 1. The summed E-state index contributed by atoms with van der Waals surface area (Å²) in [4.78, 5) is 15.8. The first-order chi connectivity index (χ1) is 13.2. The third-order valence-electron chi connectivity index (χ3n) is 4.68. The minimum Gasteiger partial charge on any atom is -0.465 e. The van der Waals surface area contributed by atoms with Crippen molar-refractivity contribution in [3.05, 3.63) is 76.5 Å². The van der Waals surface area contributed by atoms with Gasteiger partial charge >= 0.3 is 5.97 Å². The maximum atomic E-state index is 11.9. The molecule has 0 bridgehead atoms. The number of rotatable bonds is 2. The molecule has 1 N–H and O–H groups in total. The average molecular weight is 427 g/mol. The fourth-order valence-electron chi connectivity index (χ4n) is 3.37. The van der Waals surface area contributed by atoms with Crippen LogP contribution < -0.4 is 5.32 Å². The first-order valence-corrected chi connectivity index (χ1v) is 9.90. The second kappa shape index (κ2) is 9.62. The van der Waals surface area contributed by atoms with Gasteiger partial charge in [0.1, 0.15) is 4.60 Å². The standard InChI is InChI=1S/C17H19NO2.C5H4BrN/c1-20-17(19)15-10-9-14(16-8-4-5-11-18-16)12-6-2-3-7-13(12)15;6-5-3-1-2-4-7-5/h2-3,6-7,9-10,16,18H,4-5,8,11H2,1H3;1-4H. The highest BCUT2D eigenvalue weighted by Crippen LogP contribution is 2.31. The van der Waals surface area contributed by atoms with Crippen molar-refractivity contribution in [2.75, 3.05) is 13.7 Å². The normalized spacial score (nSPS) is 16.3. The van der Waals surface area contributed by atoms with E-state index in [0.717, 1.165) is 28.3 Å². The van der Waals surface area contributed by atoms with Crippen LogP contribution in [0.4, 0.5) is 0 Å². The van der Waals surface area contributed by atoms with E-state index in [0.29, 0.717) is 11.6 Å². The van der Waals surface area contributed by atoms with E-state index in [1.807, 2.05) is 42.5 Å². The molecule has 1 aliphatic rings. The van der Waals surface area contributed by atoms with Gasteiger partial charge in [-0.25, -0.2) is 9.78 Å². The molecule has 0 aliphatic carbocycles. The number of aromatic nitrogens is 1. The van der Waals surface area contributed by atoms with Gasteiger partial charge < -0.3 is 10.1 Å². The van der Waals surface area contributed by atoms with Crippen molar-refractivity contribution in [3.8, 4) is 0 Å². The van der Waals surface area contributed by atoms with E-state index in [9.17, 15) is 4.79 Å². The van der Waals surface area contributed by atoms with E-state index in [-0.39, 0.29) is 5.97 Å². The number of pyridine rings is 1. The molecule has 4 nitrogen and oxygen atoms in total. The fourth-order valence-corrected chi connectivity index (χ4v) is 3.64. The van der Waals surface area contributed by atoms with E-state index in [1.165, 1.54) is 25.5 Å². The predicted molar refractivity (Wildman–Crippen MR) is 112 cm³/mol. The minimum atomic E-state index is -0.274. The van der Waals surface area contributed by atoms with Crippen molar-refractivity contribution in [2.45, 2.75) is 25.3 Å². The molecule has 0 saturated carbocycles. The largest absolute Gasteiger partial charge is 0.465 e. The summed E-state index contributed by atoms with van der Waals surface area (Å²) < 4.78 is 5.76. The topological polar surface area (TPSA) is 51.2 Å². The van der Waals surface area contributed by atoms with Crippen molar-refractivity contribution in [1.29, 1.82) is 0 Å². The monoisotopic (exact) mass is 426 g/mol. The van der Waals surface area contributed by atoms with Crippen molar-refractivity contribution in [1.82, 2.24) is 10.3 Å². The summed E-state index contributed by atoms with van der Waals surface area (Å²) in [5, 5.41) is 5.70. The lowest BCUT2D eigenvalue weighted by Crippen LogP contribution is -2.27. The van der Waals surface area contributed by atoms with E-state index >= 15 is 0 Å². The Morgan fingerprint density at radius 3 is 2.44 bits per heavy atom. The third-order valence-corrected chi connectivity index (χ3v) is 5.15. The summed E-state index contributed by atoms with van der Waals surface area (Å²) in [5.74, 6) is -0.274. The Balaban J connectivity index is 0.000000253. The maximum absolute atomic E-state index is 11.9. The lowest BCUT2D eigenvalue weighted by molar-refractivity contribution is 0.0603. The van der Waals surface area contributed by atoms with Gasteiger partial charge in [-0.1, -0.05) is 42.8 Å². The molecule has 1 saturated heterocycles. The molecule has 0 amide bonds. The summed E-state index contributed by atoms with van der Waals surface area (Å²) in [5.41, 5.74) is 1.93. The van der Waals surface area contributed by atoms with E-state index in [2.05, 4.69) is 38.4 Å². The number of methoxy groups -OCH3 is 1. The van der Waals surface area contributed by atoms with Gasteiger partial charge in [0.15, 0.2) is 0 Å². The van der Waals surface area contributed by atoms with Crippen LogP contribution in [0.25, 0.3) is 10.8 Å². The number of carbonyl (C=O) groups is 1. The Kier molecular flexibility index (Phi) is 6.96. The molecule has 2 heterocycles. The number of hydrogen-bond acceptors (Lipinski definition) is 4. The molecule has 1 fully saturated rings. The summed E-state index contributed by atoms with van der Waals surface area (Å²) in [7, 11) is 1.42. The second-order valence-corrected chi connectivity index (χ2v) is 7.21. The van der Waals surface area contributed by atoms with Crippen LogP contribution in [-0.4, -0.2) is 24.6 Å². The molecule has 4 rings (SSSR count). The van der Waals surface area contributed by atoms with E-state index in [4.69, 9.17) is 4.74 Å². The molecular formula is C22H23BrN2O2. The molecule has 3 aromatic rings. The zero-order valence-corrected chi connectivity index (χ0v) is 16.9. The number of nitrogens with zero attached hydrogens (tertiary/aromatic N) is 1. The fraction of sp³-hybridized carbons (Fsp3) is 0.273. The predicted octanol–water partition coefficient (Wildman–Crippen LogP) is 5.29. The zero-order valence-electron chi connectivity index (χ0n) is 15.3. The number of hydrogen-bond donors (Lipinski definition) is 1. The summed E-state index contributed by atoms with van der Waals surface area (Å²) in [6.45, 7) is 1.07. The molecule has 0 spiro atoms. The smallest absolute Gasteiger partial charge is 0.338 e. The zero-order chi connectivity index (χ0) is 19.1. The van der Waals surface area contributed by atoms with Gasteiger partial charge in [-0.2, -0.15) is 0 Å². The molecule has 1 unspecified atom stereocenters. The first-order valence-electron chi connectivity index (χ1n) is 9.10. The Morgan fingerprint density at radius 2 is 1.85 bits per heavy atom. The summed E-state index contributed by atoms with van der Waals surface area (Å²) in [6, 6.07) is 18.1. The lowest BCUT2D eigenvalue weighted by atomic mass is 9.91.